The Bertz CT molecular complexity index is 387. The van der Waals surface area contributed by atoms with Crippen LogP contribution in [0.15, 0.2) is 23.1 Å². The van der Waals surface area contributed by atoms with Crippen LogP contribution in [0.3, 0.4) is 0 Å². The molecule has 0 heterocycles. The van der Waals surface area contributed by atoms with Gasteiger partial charge in [0.05, 0.1) is 6.61 Å². The van der Waals surface area contributed by atoms with E-state index in [9.17, 15) is 4.79 Å². The Morgan fingerprint density at radius 3 is 2.71 bits per heavy atom. The number of aliphatic hydroxyl groups excluding tert-OH is 1. The van der Waals surface area contributed by atoms with E-state index in [1.54, 1.807) is 11.0 Å². The maximum atomic E-state index is 12.3. The molecule has 1 N–H and O–H groups in total. The average molecular weight is 253 g/mol. The first-order chi connectivity index (χ1) is 8.10. The van der Waals surface area contributed by atoms with Crippen molar-refractivity contribution in [2.24, 2.45) is 0 Å². The van der Waals surface area contributed by atoms with Gasteiger partial charge in [-0.1, -0.05) is 13.0 Å². The summed E-state index contributed by atoms with van der Waals surface area (Å²) < 4.78 is 0. The highest BCUT2D eigenvalue weighted by molar-refractivity contribution is 7.80. The highest BCUT2D eigenvalue weighted by atomic mass is 32.1. The Balaban J connectivity index is 2.95. The number of carbonyl (C=O) groups is 1. The molecule has 3 nitrogen and oxygen atoms in total. The lowest BCUT2D eigenvalue weighted by molar-refractivity contribution is 0.0721. The van der Waals surface area contributed by atoms with E-state index in [2.05, 4.69) is 12.6 Å². The topological polar surface area (TPSA) is 40.5 Å². The fraction of sp³-hybridized carbons (Fsp3) is 0.462. The van der Waals surface area contributed by atoms with Crippen LogP contribution < -0.4 is 0 Å². The summed E-state index contributed by atoms with van der Waals surface area (Å²) in [6, 6.07) is 5.53. The molecule has 0 aliphatic carbocycles. The SMILES string of the molecule is CCCN(CCO)C(=O)c1cc(S)ccc1C. The van der Waals surface area contributed by atoms with Crippen molar-refractivity contribution in [1.82, 2.24) is 4.90 Å². The predicted octanol–water partition coefficient (Wildman–Crippen LogP) is 2.13. The van der Waals surface area contributed by atoms with Gasteiger partial charge in [-0.3, -0.25) is 4.79 Å². The van der Waals surface area contributed by atoms with Gasteiger partial charge in [0.25, 0.3) is 5.91 Å². The van der Waals surface area contributed by atoms with Crippen molar-refractivity contribution in [3.8, 4) is 0 Å². The highest BCUT2D eigenvalue weighted by Gasteiger charge is 2.16. The Labute approximate surface area is 108 Å². The van der Waals surface area contributed by atoms with Gasteiger partial charge in [-0.15, -0.1) is 12.6 Å². The van der Waals surface area contributed by atoms with Crippen molar-refractivity contribution in [3.63, 3.8) is 0 Å². The summed E-state index contributed by atoms with van der Waals surface area (Å²) in [6.07, 6.45) is 0.880. The average Bonchev–Trinajstić information content (AvgIpc) is 2.31. The van der Waals surface area contributed by atoms with Crippen molar-refractivity contribution in [3.05, 3.63) is 29.3 Å². The van der Waals surface area contributed by atoms with Gasteiger partial charge in [0.15, 0.2) is 0 Å². The van der Waals surface area contributed by atoms with Crippen LogP contribution in [-0.2, 0) is 0 Å². The number of amides is 1. The van der Waals surface area contributed by atoms with E-state index in [1.165, 1.54) is 0 Å². The minimum absolute atomic E-state index is 0.00858. The standard InChI is InChI=1S/C13H19NO2S/c1-3-6-14(7-8-15)13(16)12-9-11(17)5-4-10(12)2/h4-5,9,15,17H,3,6-8H2,1-2H3. The number of thiol groups is 1. The number of aliphatic hydroxyl groups is 1. The Morgan fingerprint density at radius 2 is 2.12 bits per heavy atom. The maximum absolute atomic E-state index is 12.3. The molecule has 4 heteroatoms. The number of rotatable bonds is 5. The van der Waals surface area contributed by atoms with Crippen molar-refractivity contribution in [1.29, 1.82) is 0 Å². The molecular weight excluding hydrogens is 234 g/mol. The third-order valence-corrected chi connectivity index (χ3v) is 2.88. The molecule has 94 valence electrons. The number of benzene rings is 1. The van der Waals surface area contributed by atoms with E-state index in [1.807, 2.05) is 26.0 Å². The molecular formula is C13H19NO2S. The molecule has 0 spiro atoms. The van der Waals surface area contributed by atoms with Crippen molar-refractivity contribution < 1.29 is 9.90 Å². The van der Waals surface area contributed by atoms with Gasteiger partial charge in [-0.2, -0.15) is 0 Å². The number of nitrogens with zero attached hydrogens (tertiary/aromatic N) is 1. The molecule has 0 aliphatic rings. The second-order valence-electron chi connectivity index (χ2n) is 4.02. The van der Waals surface area contributed by atoms with Crippen LogP contribution in [-0.4, -0.2) is 35.6 Å². The van der Waals surface area contributed by atoms with Gasteiger partial charge in [-0.25, -0.2) is 0 Å². The summed E-state index contributed by atoms with van der Waals surface area (Å²) >= 11 is 4.25. The van der Waals surface area contributed by atoms with Crippen LogP contribution in [0.5, 0.6) is 0 Å². The zero-order chi connectivity index (χ0) is 12.8. The van der Waals surface area contributed by atoms with Crippen LogP contribution in [0.2, 0.25) is 0 Å². The van der Waals surface area contributed by atoms with Gasteiger partial charge in [0, 0.05) is 23.5 Å². The van der Waals surface area contributed by atoms with Crippen molar-refractivity contribution in [2.45, 2.75) is 25.2 Å². The molecule has 0 unspecified atom stereocenters. The van der Waals surface area contributed by atoms with E-state index >= 15 is 0 Å². The van der Waals surface area contributed by atoms with Gasteiger partial charge in [0.1, 0.15) is 0 Å². The van der Waals surface area contributed by atoms with Crippen LogP contribution in [0, 0.1) is 6.92 Å². The fourth-order valence-corrected chi connectivity index (χ4v) is 1.92. The molecule has 17 heavy (non-hydrogen) atoms. The van der Waals surface area contributed by atoms with Crippen LogP contribution >= 0.6 is 12.6 Å². The molecule has 0 saturated carbocycles. The summed E-state index contributed by atoms with van der Waals surface area (Å²) in [5.41, 5.74) is 1.60. The number of hydrogen-bond donors (Lipinski definition) is 2. The molecule has 1 amide bonds. The van der Waals surface area contributed by atoms with Crippen LogP contribution in [0.1, 0.15) is 29.3 Å². The van der Waals surface area contributed by atoms with E-state index in [-0.39, 0.29) is 12.5 Å². The summed E-state index contributed by atoms with van der Waals surface area (Å²) in [5.74, 6) is -0.0331. The normalized spacial score (nSPS) is 10.4. The first-order valence-corrected chi connectivity index (χ1v) is 6.24. The zero-order valence-corrected chi connectivity index (χ0v) is 11.2. The molecule has 0 aliphatic heterocycles. The van der Waals surface area contributed by atoms with Crippen molar-refractivity contribution >= 4 is 18.5 Å². The molecule has 1 aromatic rings. The largest absolute Gasteiger partial charge is 0.395 e. The molecule has 0 saturated heterocycles. The smallest absolute Gasteiger partial charge is 0.254 e. The van der Waals surface area contributed by atoms with Crippen LogP contribution in [0.25, 0.3) is 0 Å². The van der Waals surface area contributed by atoms with E-state index in [0.717, 1.165) is 16.9 Å². The van der Waals surface area contributed by atoms with E-state index in [4.69, 9.17) is 5.11 Å². The molecule has 0 radical (unpaired) electrons. The zero-order valence-electron chi connectivity index (χ0n) is 10.3. The minimum Gasteiger partial charge on any atom is -0.395 e. The van der Waals surface area contributed by atoms with Crippen LogP contribution in [0.4, 0.5) is 0 Å². The first-order valence-electron chi connectivity index (χ1n) is 5.80. The lowest BCUT2D eigenvalue weighted by Gasteiger charge is -2.22. The fourth-order valence-electron chi connectivity index (χ4n) is 1.72. The Hall–Kier alpha value is -1.00. The first kappa shape index (κ1) is 14.1. The quantitative estimate of drug-likeness (QED) is 0.789. The number of aryl methyl sites for hydroxylation is 1. The van der Waals surface area contributed by atoms with Gasteiger partial charge in [-0.05, 0) is 31.0 Å². The minimum atomic E-state index is -0.0331. The lowest BCUT2D eigenvalue weighted by Crippen LogP contribution is -2.34. The Morgan fingerprint density at radius 1 is 1.41 bits per heavy atom. The molecule has 0 atom stereocenters. The summed E-state index contributed by atoms with van der Waals surface area (Å²) in [5, 5.41) is 8.97. The predicted molar refractivity (Wildman–Crippen MR) is 71.7 cm³/mol. The van der Waals surface area contributed by atoms with Gasteiger partial charge < -0.3 is 10.0 Å². The molecule has 0 aromatic heterocycles. The number of hydrogen-bond acceptors (Lipinski definition) is 3. The lowest BCUT2D eigenvalue weighted by atomic mass is 10.1. The third-order valence-electron chi connectivity index (χ3n) is 2.60. The van der Waals surface area contributed by atoms with Gasteiger partial charge >= 0.3 is 0 Å². The maximum Gasteiger partial charge on any atom is 0.254 e. The summed E-state index contributed by atoms with van der Waals surface area (Å²) in [6.45, 7) is 4.95. The van der Waals surface area contributed by atoms with E-state index in [0.29, 0.717) is 18.7 Å². The molecule has 0 bridgehead atoms. The van der Waals surface area contributed by atoms with E-state index < -0.39 is 0 Å². The second-order valence-corrected chi connectivity index (χ2v) is 4.53. The third kappa shape index (κ3) is 3.75. The molecule has 1 rings (SSSR count). The highest BCUT2D eigenvalue weighted by Crippen LogP contribution is 2.16. The monoisotopic (exact) mass is 253 g/mol. The molecule has 1 aromatic carbocycles. The second kappa shape index (κ2) is 6.67. The van der Waals surface area contributed by atoms with Crippen molar-refractivity contribution in [2.75, 3.05) is 19.7 Å². The summed E-state index contributed by atoms with van der Waals surface area (Å²) in [7, 11) is 0. The summed E-state index contributed by atoms with van der Waals surface area (Å²) in [4.78, 5) is 14.7. The molecule has 0 fully saturated rings. The Kier molecular flexibility index (Phi) is 5.51. The van der Waals surface area contributed by atoms with Gasteiger partial charge in [0.2, 0.25) is 0 Å². The number of carbonyl (C=O) groups excluding carboxylic acids is 1.